The van der Waals surface area contributed by atoms with Crippen molar-refractivity contribution in [3.05, 3.63) is 59.4 Å². The molecule has 0 spiro atoms. The second-order valence-electron chi connectivity index (χ2n) is 5.37. The molecule has 0 fully saturated rings. The summed E-state index contributed by atoms with van der Waals surface area (Å²) in [4.78, 5) is 12.5. The minimum Gasteiger partial charge on any atom is -0.396 e. The van der Waals surface area contributed by atoms with E-state index in [0.717, 1.165) is 24.8 Å². The van der Waals surface area contributed by atoms with E-state index >= 15 is 0 Å². The topological polar surface area (TPSA) is 55.1 Å². The van der Waals surface area contributed by atoms with Gasteiger partial charge >= 0.3 is 0 Å². The molecule has 0 bridgehead atoms. The summed E-state index contributed by atoms with van der Waals surface area (Å²) in [6.07, 6.45) is 2.85. The number of aryl methyl sites for hydroxylation is 1. The first-order chi connectivity index (χ1) is 10.1. The largest absolute Gasteiger partial charge is 0.396 e. The molecule has 2 aromatic rings. The second kappa shape index (κ2) is 5.56. The fraction of sp³-hybridized carbons (Fsp3) is 0.235. The molecule has 0 saturated carbocycles. The number of carbonyl (C=O) groups excluding carboxylic acids is 1. The fourth-order valence-corrected chi connectivity index (χ4v) is 2.88. The summed E-state index contributed by atoms with van der Waals surface area (Å²) in [6.45, 7) is 0. The summed E-state index contributed by atoms with van der Waals surface area (Å²) in [5, 5.41) is 2.83. The number of amides is 1. The first-order valence-corrected chi connectivity index (χ1v) is 7.09. The Balaban J connectivity index is 1.81. The third-order valence-corrected chi connectivity index (χ3v) is 3.95. The molecule has 0 aliphatic heterocycles. The van der Waals surface area contributed by atoms with Crippen LogP contribution < -0.4 is 11.1 Å². The maximum atomic E-state index is 13.2. The van der Waals surface area contributed by atoms with Gasteiger partial charge in [0.15, 0.2) is 0 Å². The molecule has 0 radical (unpaired) electrons. The fourth-order valence-electron chi connectivity index (χ4n) is 2.88. The number of hydrogen-bond donors (Lipinski definition) is 2. The van der Waals surface area contributed by atoms with Gasteiger partial charge in [0.1, 0.15) is 5.82 Å². The maximum Gasteiger partial charge on any atom is 0.231 e. The molecule has 4 heteroatoms. The van der Waals surface area contributed by atoms with Gasteiger partial charge in [-0.25, -0.2) is 4.39 Å². The van der Waals surface area contributed by atoms with Crippen molar-refractivity contribution in [2.24, 2.45) is 0 Å². The van der Waals surface area contributed by atoms with Gasteiger partial charge < -0.3 is 11.1 Å². The molecule has 1 aliphatic rings. The first-order valence-electron chi connectivity index (χ1n) is 7.09. The lowest BCUT2D eigenvalue weighted by Crippen LogP contribution is -2.24. The van der Waals surface area contributed by atoms with Crippen molar-refractivity contribution in [1.29, 1.82) is 0 Å². The van der Waals surface area contributed by atoms with Crippen molar-refractivity contribution in [3.63, 3.8) is 0 Å². The Labute approximate surface area is 123 Å². The number of nitrogens with one attached hydrogen (secondary N) is 1. The van der Waals surface area contributed by atoms with E-state index < -0.39 is 5.82 Å². The minimum absolute atomic E-state index is 0.0387. The Morgan fingerprint density at radius 3 is 2.86 bits per heavy atom. The number of hydrogen-bond acceptors (Lipinski definition) is 2. The van der Waals surface area contributed by atoms with E-state index in [4.69, 9.17) is 5.73 Å². The maximum absolute atomic E-state index is 13.2. The molecular weight excluding hydrogens is 267 g/mol. The van der Waals surface area contributed by atoms with Crippen molar-refractivity contribution in [1.82, 2.24) is 0 Å². The van der Waals surface area contributed by atoms with Crippen molar-refractivity contribution >= 4 is 17.3 Å². The quantitative estimate of drug-likeness (QED) is 0.830. The lowest BCUT2D eigenvalue weighted by atomic mass is 9.82. The van der Waals surface area contributed by atoms with Crippen molar-refractivity contribution < 1.29 is 9.18 Å². The summed E-state index contributed by atoms with van der Waals surface area (Å²) >= 11 is 0. The number of halogens is 1. The zero-order valence-corrected chi connectivity index (χ0v) is 11.6. The van der Waals surface area contributed by atoms with Crippen LogP contribution >= 0.6 is 0 Å². The molecule has 0 heterocycles. The van der Waals surface area contributed by atoms with Gasteiger partial charge in [0.25, 0.3) is 0 Å². The highest BCUT2D eigenvalue weighted by Gasteiger charge is 2.26. The lowest BCUT2D eigenvalue weighted by Gasteiger charge is -2.24. The number of fused-ring (bicyclic) bond motifs is 1. The van der Waals surface area contributed by atoms with Crippen LogP contribution in [0.2, 0.25) is 0 Å². The smallest absolute Gasteiger partial charge is 0.231 e. The molecule has 1 unspecified atom stereocenters. The SMILES string of the molecule is Nc1cc(NC(=O)C2CCCc3ccccc32)ccc1F. The normalized spacial score (nSPS) is 17.1. The van der Waals surface area contributed by atoms with Gasteiger partial charge in [-0.3, -0.25) is 4.79 Å². The van der Waals surface area contributed by atoms with Crippen molar-refractivity contribution in [3.8, 4) is 0 Å². The van der Waals surface area contributed by atoms with Crippen LogP contribution in [-0.4, -0.2) is 5.91 Å². The monoisotopic (exact) mass is 284 g/mol. The molecule has 21 heavy (non-hydrogen) atoms. The molecule has 108 valence electrons. The van der Waals surface area contributed by atoms with Crippen LogP contribution in [-0.2, 0) is 11.2 Å². The van der Waals surface area contributed by atoms with Gasteiger partial charge in [0, 0.05) is 5.69 Å². The summed E-state index contributed by atoms with van der Waals surface area (Å²) in [5.41, 5.74) is 8.43. The average molecular weight is 284 g/mol. The number of carbonyl (C=O) groups is 1. The zero-order chi connectivity index (χ0) is 14.8. The van der Waals surface area contributed by atoms with Gasteiger partial charge in [-0.05, 0) is 48.6 Å². The molecule has 3 rings (SSSR count). The lowest BCUT2D eigenvalue weighted by molar-refractivity contribution is -0.117. The Hall–Kier alpha value is -2.36. The minimum atomic E-state index is -0.476. The van der Waals surface area contributed by atoms with Gasteiger partial charge in [-0.1, -0.05) is 24.3 Å². The Morgan fingerprint density at radius 2 is 2.05 bits per heavy atom. The van der Waals surface area contributed by atoms with Crippen molar-refractivity contribution in [2.75, 3.05) is 11.1 Å². The molecule has 1 aliphatic carbocycles. The predicted molar refractivity (Wildman–Crippen MR) is 81.6 cm³/mol. The molecular formula is C17H17FN2O. The van der Waals surface area contributed by atoms with Gasteiger partial charge in [0.2, 0.25) is 5.91 Å². The Bertz CT molecular complexity index is 684. The summed E-state index contributed by atoms with van der Waals surface area (Å²) in [5.74, 6) is -0.689. The standard InChI is InChI=1S/C17H17FN2O/c18-15-9-8-12(10-16(15)19)20-17(21)14-7-3-5-11-4-1-2-6-13(11)14/h1-2,4,6,8-10,14H,3,5,7,19H2,(H,20,21). The molecule has 2 aromatic carbocycles. The average Bonchev–Trinajstić information content (AvgIpc) is 2.50. The van der Waals surface area contributed by atoms with Gasteiger partial charge in [0.05, 0.1) is 11.6 Å². The summed E-state index contributed by atoms with van der Waals surface area (Å²) in [7, 11) is 0. The van der Waals surface area contributed by atoms with Crippen LogP contribution in [0.25, 0.3) is 0 Å². The highest BCUT2D eigenvalue weighted by molar-refractivity contribution is 5.96. The van der Waals surface area contributed by atoms with E-state index in [0.29, 0.717) is 5.69 Å². The predicted octanol–water partition coefficient (Wildman–Crippen LogP) is 3.47. The first kappa shape index (κ1) is 13.6. The Kier molecular flexibility index (Phi) is 3.60. The molecule has 0 saturated heterocycles. The highest BCUT2D eigenvalue weighted by atomic mass is 19.1. The van der Waals surface area contributed by atoms with E-state index in [2.05, 4.69) is 11.4 Å². The summed E-state index contributed by atoms with van der Waals surface area (Å²) < 4.78 is 13.2. The second-order valence-corrected chi connectivity index (χ2v) is 5.37. The molecule has 0 aromatic heterocycles. The molecule has 1 amide bonds. The summed E-state index contributed by atoms with van der Waals surface area (Å²) in [6, 6.07) is 12.3. The van der Waals surface area contributed by atoms with Gasteiger partial charge in [-0.2, -0.15) is 0 Å². The van der Waals surface area contributed by atoms with E-state index in [9.17, 15) is 9.18 Å². The number of rotatable bonds is 2. The Morgan fingerprint density at radius 1 is 1.24 bits per heavy atom. The highest BCUT2D eigenvalue weighted by Crippen LogP contribution is 2.32. The molecule has 3 N–H and O–H groups in total. The van der Waals surface area contributed by atoms with Gasteiger partial charge in [-0.15, -0.1) is 0 Å². The number of benzene rings is 2. The van der Waals surface area contributed by atoms with Crippen LogP contribution in [0.1, 0.15) is 29.9 Å². The van der Waals surface area contributed by atoms with Crippen LogP contribution in [0.4, 0.5) is 15.8 Å². The number of anilines is 2. The van der Waals surface area contributed by atoms with E-state index in [1.165, 1.54) is 23.8 Å². The van der Waals surface area contributed by atoms with E-state index in [-0.39, 0.29) is 17.5 Å². The van der Waals surface area contributed by atoms with E-state index in [1.54, 1.807) is 0 Å². The molecule has 1 atom stereocenters. The third-order valence-electron chi connectivity index (χ3n) is 3.95. The third kappa shape index (κ3) is 2.75. The van der Waals surface area contributed by atoms with Crippen LogP contribution in [0.5, 0.6) is 0 Å². The van der Waals surface area contributed by atoms with E-state index in [1.807, 2.05) is 18.2 Å². The zero-order valence-electron chi connectivity index (χ0n) is 11.6. The number of nitrogens with two attached hydrogens (primary N) is 1. The molecule has 3 nitrogen and oxygen atoms in total. The number of nitrogen functional groups attached to an aromatic ring is 1. The van der Waals surface area contributed by atoms with Crippen LogP contribution in [0, 0.1) is 5.82 Å². The van der Waals surface area contributed by atoms with Crippen molar-refractivity contribution in [2.45, 2.75) is 25.2 Å². The van der Waals surface area contributed by atoms with Crippen LogP contribution in [0.3, 0.4) is 0 Å². The van der Waals surface area contributed by atoms with Crippen LogP contribution in [0.15, 0.2) is 42.5 Å².